The zero-order valence-corrected chi connectivity index (χ0v) is 15.9. The van der Waals surface area contributed by atoms with Gasteiger partial charge in [-0.3, -0.25) is 4.68 Å². The molecule has 0 spiro atoms. The van der Waals surface area contributed by atoms with E-state index in [1.54, 1.807) is 19.1 Å². The van der Waals surface area contributed by atoms with Crippen LogP contribution in [0, 0.1) is 6.92 Å². The molecule has 1 aliphatic heterocycles. The van der Waals surface area contributed by atoms with Crippen molar-refractivity contribution in [2.75, 3.05) is 13.2 Å². The number of aromatic nitrogens is 2. The van der Waals surface area contributed by atoms with E-state index in [2.05, 4.69) is 9.82 Å². The number of hydrogen-bond acceptors (Lipinski definition) is 4. The highest BCUT2D eigenvalue weighted by Gasteiger charge is 2.39. The molecule has 27 heavy (non-hydrogen) atoms. The summed E-state index contributed by atoms with van der Waals surface area (Å²) in [5, 5.41) is 3.92. The Morgan fingerprint density at radius 3 is 2.81 bits per heavy atom. The van der Waals surface area contributed by atoms with Crippen molar-refractivity contribution >= 4 is 21.6 Å². The van der Waals surface area contributed by atoms with E-state index in [-0.39, 0.29) is 35.2 Å². The van der Waals surface area contributed by atoms with Gasteiger partial charge in [0, 0.05) is 29.2 Å². The van der Waals surface area contributed by atoms with Gasteiger partial charge < -0.3 is 4.74 Å². The van der Waals surface area contributed by atoms with E-state index >= 15 is 0 Å². The van der Waals surface area contributed by atoms with E-state index in [1.807, 2.05) is 0 Å². The first-order chi connectivity index (χ1) is 12.6. The summed E-state index contributed by atoms with van der Waals surface area (Å²) in [5.74, 6) is 0. The molecule has 0 atom stereocenters. The van der Waals surface area contributed by atoms with Crippen molar-refractivity contribution in [3.05, 3.63) is 45.7 Å². The highest BCUT2D eigenvalue weighted by Crippen LogP contribution is 2.34. The van der Waals surface area contributed by atoms with Gasteiger partial charge in [-0.05, 0) is 24.6 Å². The molecule has 6 nitrogen and oxygen atoms in total. The molecule has 2 aromatic rings. The number of sulfonamides is 1. The Bertz CT molecular complexity index is 958. The van der Waals surface area contributed by atoms with Gasteiger partial charge in [-0.2, -0.15) is 18.3 Å². The van der Waals surface area contributed by atoms with Crippen LogP contribution < -0.4 is 4.72 Å². The van der Waals surface area contributed by atoms with Gasteiger partial charge in [-0.1, -0.05) is 17.7 Å². The third-order valence-electron chi connectivity index (χ3n) is 4.22. The van der Waals surface area contributed by atoms with E-state index in [0.29, 0.717) is 24.3 Å². The predicted molar refractivity (Wildman–Crippen MR) is 92.0 cm³/mol. The van der Waals surface area contributed by atoms with E-state index < -0.39 is 21.9 Å². The molecule has 0 amide bonds. The maximum Gasteiger partial charge on any atom is 0.435 e. The zero-order valence-electron chi connectivity index (χ0n) is 14.3. The molecule has 0 saturated heterocycles. The fourth-order valence-electron chi connectivity index (χ4n) is 2.95. The Balaban J connectivity index is 1.78. The molecule has 0 saturated carbocycles. The lowest BCUT2D eigenvalue weighted by Gasteiger charge is -2.16. The van der Waals surface area contributed by atoms with Crippen LogP contribution in [0.5, 0.6) is 0 Å². The first-order valence-electron chi connectivity index (χ1n) is 8.09. The van der Waals surface area contributed by atoms with Gasteiger partial charge in [0.2, 0.25) is 10.0 Å². The molecule has 0 bridgehead atoms. The standard InChI is InChI=1S/C16H17ClF3N3O3S/c1-10-2-3-11(17)8-14(10)27(24,25)21-5-6-23-13-4-7-26-9-12(13)15(22-23)16(18,19)20/h2-3,8,21H,4-7,9H2,1H3. The summed E-state index contributed by atoms with van der Waals surface area (Å²) in [7, 11) is -3.85. The number of nitrogens with zero attached hydrogens (tertiary/aromatic N) is 2. The van der Waals surface area contributed by atoms with Crippen LogP contribution in [0.3, 0.4) is 0 Å². The molecule has 0 fully saturated rings. The number of nitrogens with one attached hydrogen (secondary N) is 1. The second-order valence-electron chi connectivity index (χ2n) is 6.10. The van der Waals surface area contributed by atoms with E-state index in [4.69, 9.17) is 16.3 Å². The fourth-order valence-corrected chi connectivity index (χ4v) is 4.47. The largest absolute Gasteiger partial charge is 0.435 e. The van der Waals surface area contributed by atoms with Gasteiger partial charge in [-0.25, -0.2) is 13.1 Å². The average Bonchev–Trinajstić information content (AvgIpc) is 2.96. The lowest BCUT2D eigenvalue weighted by Crippen LogP contribution is -2.29. The molecule has 3 rings (SSSR count). The smallest absolute Gasteiger partial charge is 0.376 e. The summed E-state index contributed by atoms with van der Waals surface area (Å²) in [6.45, 7) is 1.63. The number of fused-ring (bicyclic) bond motifs is 1. The molecule has 148 valence electrons. The third-order valence-corrected chi connectivity index (χ3v) is 6.06. The second-order valence-corrected chi connectivity index (χ2v) is 8.28. The Labute approximate surface area is 159 Å². The highest BCUT2D eigenvalue weighted by atomic mass is 35.5. The molecule has 0 aliphatic carbocycles. The predicted octanol–water partition coefficient (Wildman–Crippen LogP) is 2.91. The molecule has 2 heterocycles. The normalized spacial score (nSPS) is 15.0. The highest BCUT2D eigenvalue weighted by molar-refractivity contribution is 7.89. The van der Waals surface area contributed by atoms with Crippen molar-refractivity contribution in [2.24, 2.45) is 0 Å². The van der Waals surface area contributed by atoms with Crippen LogP contribution >= 0.6 is 11.6 Å². The minimum Gasteiger partial charge on any atom is -0.376 e. The second kappa shape index (κ2) is 7.42. The summed E-state index contributed by atoms with van der Waals surface area (Å²) in [5.41, 5.74) is -0.0281. The maximum atomic E-state index is 13.1. The number of halogens is 4. The van der Waals surface area contributed by atoms with Crippen molar-refractivity contribution in [1.29, 1.82) is 0 Å². The van der Waals surface area contributed by atoms with Crippen molar-refractivity contribution in [3.8, 4) is 0 Å². The summed E-state index contributed by atoms with van der Waals surface area (Å²) in [6, 6.07) is 4.48. The van der Waals surface area contributed by atoms with Crippen LogP contribution in [0.15, 0.2) is 23.1 Å². The molecule has 1 aromatic heterocycles. The molecule has 0 radical (unpaired) electrons. The lowest BCUT2D eigenvalue weighted by molar-refractivity contribution is -0.142. The zero-order chi connectivity index (χ0) is 19.8. The molecule has 11 heteroatoms. The number of aryl methyl sites for hydroxylation is 1. The van der Waals surface area contributed by atoms with Crippen LogP contribution in [-0.4, -0.2) is 31.3 Å². The van der Waals surface area contributed by atoms with E-state index in [9.17, 15) is 21.6 Å². The SMILES string of the molecule is Cc1ccc(Cl)cc1S(=O)(=O)NCCn1nc(C(F)(F)F)c2c1CCOC2. The minimum absolute atomic E-state index is 0.0160. The molecule has 1 aromatic carbocycles. The van der Waals surface area contributed by atoms with Gasteiger partial charge in [0.15, 0.2) is 5.69 Å². The van der Waals surface area contributed by atoms with Crippen LogP contribution in [-0.2, 0) is 40.5 Å². The fraction of sp³-hybridized carbons (Fsp3) is 0.438. The van der Waals surface area contributed by atoms with E-state index in [0.717, 1.165) is 0 Å². The topological polar surface area (TPSA) is 73.2 Å². The Morgan fingerprint density at radius 2 is 2.11 bits per heavy atom. The van der Waals surface area contributed by atoms with Crippen LogP contribution in [0.25, 0.3) is 0 Å². The van der Waals surface area contributed by atoms with E-state index in [1.165, 1.54) is 10.7 Å². The maximum absolute atomic E-state index is 13.1. The van der Waals surface area contributed by atoms with Crippen LogP contribution in [0.1, 0.15) is 22.5 Å². The Morgan fingerprint density at radius 1 is 1.37 bits per heavy atom. The quantitative estimate of drug-likeness (QED) is 0.802. The van der Waals surface area contributed by atoms with Gasteiger partial charge in [0.25, 0.3) is 0 Å². The molecule has 1 aliphatic rings. The molecule has 1 N–H and O–H groups in total. The van der Waals surface area contributed by atoms with Gasteiger partial charge in [0.1, 0.15) is 0 Å². The lowest BCUT2D eigenvalue weighted by atomic mass is 10.1. The summed E-state index contributed by atoms with van der Waals surface area (Å²) in [6.07, 6.45) is -4.30. The van der Waals surface area contributed by atoms with Gasteiger partial charge in [-0.15, -0.1) is 0 Å². The van der Waals surface area contributed by atoms with Crippen molar-refractivity contribution in [2.45, 2.75) is 37.6 Å². The third kappa shape index (κ3) is 4.29. The number of benzene rings is 1. The minimum atomic E-state index is -4.59. The summed E-state index contributed by atoms with van der Waals surface area (Å²) < 4.78 is 73.0. The first kappa shape index (κ1) is 20.1. The Kier molecular flexibility index (Phi) is 5.53. The first-order valence-corrected chi connectivity index (χ1v) is 9.95. The van der Waals surface area contributed by atoms with Crippen LogP contribution in [0.2, 0.25) is 5.02 Å². The van der Waals surface area contributed by atoms with Gasteiger partial charge >= 0.3 is 6.18 Å². The van der Waals surface area contributed by atoms with Crippen molar-refractivity contribution in [1.82, 2.24) is 14.5 Å². The number of hydrogen-bond donors (Lipinski definition) is 1. The molecular weight excluding hydrogens is 407 g/mol. The van der Waals surface area contributed by atoms with Gasteiger partial charge in [0.05, 0.1) is 24.7 Å². The molecule has 0 unspecified atom stereocenters. The number of rotatable bonds is 5. The van der Waals surface area contributed by atoms with Crippen molar-refractivity contribution in [3.63, 3.8) is 0 Å². The number of ether oxygens (including phenoxy) is 1. The number of alkyl halides is 3. The monoisotopic (exact) mass is 423 g/mol. The Hall–Kier alpha value is -1.62. The molecular formula is C16H17ClF3N3O3S. The summed E-state index contributed by atoms with van der Waals surface area (Å²) >= 11 is 5.85. The average molecular weight is 424 g/mol. The van der Waals surface area contributed by atoms with Crippen molar-refractivity contribution < 1.29 is 26.3 Å². The van der Waals surface area contributed by atoms with Crippen LogP contribution in [0.4, 0.5) is 13.2 Å². The summed E-state index contributed by atoms with van der Waals surface area (Å²) in [4.78, 5) is 0.0295.